The molecule has 4 rings (SSSR count). The highest BCUT2D eigenvalue weighted by Gasteiger charge is 2.24. The Labute approximate surface area is 204 Å². The Hall–Kier alpha value is -3.42. The average Bonchev–Trinajstić information content (AvgIpc) is 2.83. The van der Waals surface area contributed by atoms with Crippen LogP contribution in [0.1, 0.15) is 21.5 Å². The number of aromatic nitrogens is 1. The first-order valence-electron chi connectivity index (χ1n) is 10.5. The van der Waals surface area contributed by atoms with Gasteiger partial charge in [-0.1, -0.05) is 53.7 Å². The summed E-state index contributed by atoms with van der Waals surface area (Å²) in [6.45, 7) is 0. The summed E-state index contributed by atoms with van der Waals surface area (Å²) in [5.74, 6) is -0.455. The zero-order chi connectivity index (χ0) is 24.1. The molecule has 0 aliphatic rings. The van der Waals surface area contributed by atoms with Crippen LogP contribution < -0.4 is 10.9 Å². The highest BCUT2D eigenvalue weighted by molar-refractivity contribution is 8.13. The van der Waals surface area contributed by atoms with Gasteiger partial charge >= 0.3 is 0 Å². The minimum Gasteiger partial charge on any atom is -0.341 e. The molecule has 0 radical (unpaired) electrons. The van der Waals surface area contributed by atoms with Crippen molar-refractivity contribution in [2.45, 2.75) is 18.2 Å². The van der Waals surface area contributed by atoms with E-state index >= 15 is 0 Å². The van der Waals surface area contributed by atoms with E-state index in [1.165, 1.54) is 18.2 Å². The number of hydrogen-bond acceptors (Lipinski definition) is 4. The molecule has 0 aliphatic heterocycles. The quantitative estimate of drug-likeness (QED) is 0.373. The van der Waals surface area contributed by atoms with Crippen molar-refractivity contribution in [1.29, 1.82) is 0 Å². The van der Waals surface area contributed by atoms with E-state index in [0.717, 1.165) is 22.7 Å². The molecule has 0 saturated heterocycles. The molecule has 1 amide bonds. The predicted molar refractivity (Wildman–Crippen MR) is 134 cm³/mol. The second kappa shape index (κ2) is 10.7. The van der Waals surface area contributed by atoms with Crippen LogP contribution >= 0.6 is 23.4 Å². The van der Waals surface area contributed by atoms with E-state index < -0.39 is 11.9 Å². The Balaban J connectivity index is 1.59. The second-order valence-corrected chi connectivity index (χ2v) is 9.09. The predicted octanol–water partition coefficient (Wildman–Crippen LogP) is 5.12. The Morgan fingerprint density at radius 1 is 1.00 bits per heavy atom. The maximum absolute atomic E-state index is 13.2. The smallest absolute Gasteiger partial charge is 0.251 e. The monoisotopic (exact) mass is 494 g/mol. The summed E-state index contributed by atoms with van der Waals surface area (Å²) in [4.78, 5) is 41.0. The van der Waals surface area contributed by atoms with Crippen LogP contribution in [0.5, 0.6) is 0 Å². The number of halogens is 2. The minimum absolute atomic E-state index is 0.138. The molecule has 2 N–H and O–H groups in total. The summed E-state index contributed by atoms with van der Waals surface area (Å²) in [5, 5.41) is 3.83. The maximum atomic E-state index is 13.2. The van der Waals surface area contributed by atoms with Crippen molar-refractivity contribution in [1.82, 2.24) is 10.3 Å². The van der Waals surface area contributed by atoms with E-state index in [-0.39, 0.29) is 22.9 Å². The number of fused-ring (bicyclic) bond motifs is 1. The molecule has 4 aromatic rings. The lowest BCUT2D eigenvalue weighted by Gasteiger charge is -2.18. The van der Waals surface area contributed by atoms with Gasteiger partial charge in [-0.25, -0.2) is 4.39 Å². The highest BCUT2D eigenvalue weighted by atomic mass is 35.5. The van der Waals surface area contributed by atoms with Gasteiger partial charge in [-0.3, -0.25) is 14.4 Å². The fraction of sp³-hybridized carbons (Fsp3) is 0.115. The molecule has 1 aromatic heterocycles. The van der Waals surface area contributed by atoms with E-state index in [1.54, 1.807) is 42.5 Å². The van der Waals surface area contributed by atoms with Gasteiger partial charge in [-0.15, -0.1) is 0 Å². The molecule has 8 heteroatoms. The van der Waals surface area contributed by atoms with Gasteiger partial charge in [0.05, 0.1) is 0 Å². The number of H-pyrrole nitrogens is 1. The third-order valence-corrected chi connectivity index (χ3v) is 6.55. The molecule has 1 unspecified atom stereocenters. The van der Waals surface area contributed by atoms with Crippen LogP contribution in [0.3, 0.4) is 0 Å². The molecule has 172 valence electrons. The molecule has 0 spiro atoms. The first-order valence-corrected chi connectivity index (χ1v) is 11.8. The number of nitrogens with one attached hydrogen (secondary N) is 2. The van der Waals surface area contributed by atoms with Crippen molar-refractivity contribution in [2.24, 2.45) is 0 Å². The Kier molecular flexibility index (Phi) is 7.45. The molecule has 5 nitrogen and oxygen atoms in total. The van der Waals surface area contributed by atoms with Crippen LogP contribution in [0.2, 0.25) is 5.02 Å². The van der Waals surface area contributed by atoms with Crippen LogP contribution in [0.25, 0.3) is 10.9 Å². The SMILES string of the molecule is O=C(NC(Cc1cc(=O)[nH]c2ccccc12)C(=O)SCc1ccc(F)cc1)c1ccc(Cl)cc1. The molecule has 3 aromatic carbocycles. The lowest BCUT2D eigenvalue weighted by molar-refractivity contribution is -0.112. The van der Waals surface area contributed by atoms with Crippen molar-refractivity contribution in [3.63, 3.8) is 0 Å². The summed E-state index contributed by atoms with van der Waals surface area (Å²) >= 11 is 6.94. The van der Waals surface area contributed by atoms with E-state index in [0.29, 0.717) is 27.4 Å². The second-order valence-electron chi connectivity index (χ2n) is 7.68. The van der Waals surface area contributed by atoms with Gasteiger partial charge in [0.2, 0.25) is 10.7 Å². The van der Waals surface area contributed by atoms with Crippen LogP contribution in [-0.2, 0) is 17.0 Å². The number of para-hydroxylation sites is 1. The van der Waals surface area contributed by atoms with Gasteiger partial charge in [0.1, 0.15) is 11.9 Å². The van der Waals surface area contributed by atoms with E-state index in [4.69, 9.17) is 11.6 Å². The van der Waals surface area contributed by atoms with Gasteiger partial charge in [0.15, 0.2) is 0 Å². The van der Waals surface area contributed by atoms with Crippen molar-refractivity contribution in [3.05, 3.63) is 117 Å². The summed E-state index contributed by atoms with van der Waals surface area (Å²) in [7, 11) is 0. The van der Waals surface area contributed by atoms with Gasteiger partial charge < -0.3 is 10.3 Å². The number of pyridine rings is 1. The van der Waals surface area contributed by atoms with Gasteiger partial charge in [0.25, 0.3) is 5.91 Å². The van der Waals surface area contributed by atoms with E-state index in [1.807, 2.05) is 18.2 Å². The summed E-state index contributed by atoms with van der Waals surface area (Å²) in [5.41, 5.74) is 2.16. The van der Waals surface area contributed by atoms with Crippen molar-refractivity contribution in [3.8, 4) is 0 Å². The zero-order valence-corrected chi connectivity index (χ0v) is 19.5. The lowest BCUT2D eigenvalue weighted by atomic mass is 10.0. The van der Waals surface area contributed by atoms with Gasteiger partial charge in [-0.05, 0) is 53.6 Å². The molecule has 1 atom stereocenters. The van der Waals surface area contributed by atoms with Crippen LogP contribution in [0.4, 0.5) is 4.39 Å². The Morgan fingerprint density at radius 3 is 2.44 bits per heavy atom. The standard InChI is InChI=1S/C26H20ClFN2O3S/c27-19-9-7-17(8-10-19)25(32)30-23(26(33)34-15-16-5-11-20(28)12-6-16)13-18-14-24(31)29-22-4-2-1-3-21(18)22/h1-12,14,23H,13,15H2,(H,29,31)(H,30,32). The molecule has 1 heterocycles. The average molecular weight is 495 g/mol. The van der Waals surface area contributed by atoms with Crippen molar-refractivity contribution in [2.75, 3.05) is 0 Å². The van der Waals surface area contributed by atoms with E-state index in [9.17, 15) is 18.8 Å². The van der Waals surface area contributed by atoms with Crippen LogP contribution in [-0.4, -0.2) is 22.0 Å². The molecule has 34 heavy (non-hydrogen) atoms. The third-order valence-electron chi connectivity index (χ3n) is 5.25. The number of hydrogen-bond donors (Lipinski definition) is 2. The number of thioether (sulfide) groups is 1. The zero-order valence-electron chi connectivity index (χ0n) is 17.9. The first-order chi connectivity index (χ1) is 16.4. The molecule has 0 fully saturated rings. The maximum Gasteiger partial charge on any atom is 0.251 e. The number of rotatable bonds is 7. The summed E-state index contributed by atoms with van der Waals surface area (Å²) in [6, 6.07) is 20.1. The van der Waals surface area contributed by atoms with Crippen molar-refractivity contribution < 1.29 is 14.0 Å². The Bertz CT molecular complexity index is 1390. The molecule has 0 aliphatic carbocycles. The van der Waals surface area contributed by atoms with Crippen LogP contribution in [0.15, 0.2) is 83.7 Å². The molecular weight excluding hydrogens is 475 g/mol. The number of benzene rings is 3. The Morgan fingerprint density at radius 2 is 1.71 bits per heavy atom. The summed E-state index contributed by atoms with van der Waals surface area (Å²) < 4.78 is 13.2. The van der Waals surface area contributed by atoms with Gasteiger partial charge in [0, 0.05) is 39.7 Å². The number of amides is 1. The largest absolute Gasteiger partial charge is 0.341 e. The molecule has 0 saturated carbocycles. The molecular formula is C26H20ClFN2O3S. The lowest BCUT2D eigenvalue weighted by Crippen LogP contribution is -2.41. The van der Waals surface area contributed by atoms with E-state index in [2.05, 4.69) is 10.3 Å². The number of aromatic amines is 1. The highest BCUT2D eigenvalue weighted by Crippen LogP contribution is 2.21. The third kappa shape index (κ3) is 5.92. The first kappa shape index (κ1) is 23.7. The number of carbonyl (C=O) groups is 2. The normalized spacial score (nSPS) is 11.8. The van der Waals surface area contributed by atoms with Crippen LogP contribution in [0, 0.1) is 5.82 Å². The molecule has 0 bridgehead atoms. The number of carbonyl (C=O) groups excluding carboxylic acids is 2. The summed E-state index contributed by atoms with van der Waals surface area (Å²) in [6.07, 6.45) is 0.138. The fourth-order valence-corrected chi connectivity index (χ4v) is 4.51. The van der Waals surface area contributed by atoms with Gasteiger partial charge in [-0.2, -0.15) is 0 Å². The minimum atomic E-state index is -0.890. The fourth-order valence-electron chi connectivity index (χ4n) is 3.54. The van der Waals surface area contributed by atoms with Crippen molar-refractivity contribution >= 4 is 45.3 Å². The topological polar surface area (TPSA) is 79.0 Å².